The van der Waals surface area contributed by atoms with Gasteiger partial charge in [0, 0.05) is 5.56 Å². The summed E-state index contributed by atoms with van der Waals surface area (Å²) in [6.07, 6.45) is 0. The van der Waals surface area contributed by atoms with Crippen LogP contribution >= 0.6 is 0 Å². The molecule has 0 aliphatic heterocycles. The molecule has 0 aliphatic rings. The summed E-state index contributed by atoms with van der Waals surface area (Å²) in [5, 5.41) is 8.84. The lowest BCUT2D eigenvalue weighted by Gasteiger charge is -2.02. The first kappa shape index (κ1) is 11.1. The van der Waals surface area contributed by atoms with Crippen molar-refractivity contribution in [3.8, 4) is 11.3 Å². The number of H-pyrrole nitrogens is 1. The average molecular weight is 230 g/mol. The van der Waals surface area contributed by atoms with E-state index in [4.69, 9.17) is 5.11 Å². The van der Waals surface area contributed by atoms with E-state index in [1.165, 1.54) is 6.07 Å². The van der Waals surface area contributed by atoms with Crippen molar-refractivity contribution in [2.45, 2.75) is 6.92 Å². The molecule has 0 spiro atoms. The van der Waals surface area contributed by atoms with Crippen LogP contribution in [-0.4, -0.2) is 21.0 Å². The molecule has 86 valence electrons. The smallest absolute Gasteiger partial charge is 0.352 e. The van der Waals surface area contributed by atoms with E-state index in [9.17, 15) is 9.59 Å². The minimum atomic E-state index is -1.18. The number of benzene rings is 1. The van der Waals surface area contributed by atoms with Gasteiger partial charge >= 0.3 is 11.7 Å². The molecule has 1 heterocycles. The van der Waals surface area contributed by atoms with Gasteiger partial charge in [-0.3, -0.25) is 4.98 Å². The molecule has 5 heteroatoms. The zero-order chi connectivity index (χ0) is 12.4. The van der Waals surface area contributed by atoms with Crippen molar-refractivity contribution in [1.82, 2.24) is 9.97 Å². The third-order valence-electron chi connectivity index (χ3n) is 2.29. The molecule has 0 amide bonds. The van der Waals surface area contributed by atoms with Gasteiger partial charge < -0.3 is 5.11 Å². The molecule has 0 radical (unpaired) electrons. The summed E-state index contributed by atoms with van der Waals surface area (Å²) in [5.74, 6) is -1.18. The maximum absolute atomic E-state index is 11.2. The summed E-state index contributed by atoms with van der Waals surface area (Å²) in [7, 11) is 0. The lowest BCUT2D eigenvalue weighted by atomic mass is 10.1. The Bertz CT molecular complexity index is 632. The fourth-order valence-corrected chi connectivity index (χ4v) is 1.53. The summed E-state index contributed by atoms with van der Waals surface area (Å²) in [6, 6.07) is 8.70. The number of carbonyl (C=O) groups is 1. The third-order valence-corrected chi connectivity index (χ3v) is 2.29. The lowest BCUT2D eigenvalue weighted by Crippen LogP contribution is -2.16. The Hall–Kier alpha value is -2.43. The maximum atomic E-state index is 11.2. The zero-order valence-electron chi connectivity index (χ0n) is 9.10. The van der Waals surface area contributed by atoms with E-state index in [1.807, 2.05) is 25.1 Å². The molecule has 0 fully saturated rings. The topological polar surface area (TPSA) is 83.0 Å². The quantitative estimate of drug-likeness (QED) is 0.817. The Morgan fingerprint density at radius 1 is 1.35 bits per heavy atom. The van der Waals surface area contributed by atoms with E-state index in [2.05, 4.69) is 9.97 Å². The highest BCUT2D eigenvalue weighted by Gasteiger charge is 2.08. The van der Waals surface area contributed by atoms with Gasteiger partial charge in [-0.1, -0.05) is 23.8 Å². The van der Waals surface area contributed by atoms with Gasteiger partial charge in [0.25, 0.3) is 0 Å². The van der Waals surface area contributed by atoms with Crippen molar-refractivity contribution in [2.75, 3.05) is 0 Å². The van der Waals surface area contributed by atoms with Crippen molar-refractivity contribution in [2.24, 2.45) is 0 Å². The number of hydrogen-bond donors (Lipinski definition) is 2. The number of nitrogens with one attached hydrogen (secondary N) is 1. The minimum Gasteiger partial charge on any atom is -0.477 e. The van der Waals surface area contributed by atoms with Crippen LogP contribution in [0.3, 0.4) is 0 Å². The average Bonchev–Trinajstić information content (AvgIpc) is 2.28. The molecule has 17 heavy (non-hydrogen) atoms. The normalized spacial score (nSPS) is 10.2. The van der Waals surface area contributed by atoms with Gasteiger partial charge in [-0.2, -0.15) is 4.98 Å². The number of hydrogen-bond acceptors (Lipinski definition) is 3. The highest BCUT2D eigenvalue weighted by molar-refractivity contribution is 5.86. The second kappa shape index (κ2) is 4.21. The number of carboxylic acids is 1. The Labute approximate surface area is 96.8 Å². The summed E-state index contributed by atoms with van der Waals surface area (Å²) in [6.45, 7) is 1.91. The number of aromatic nitrogens is 2. The van der Waals surface area contributed by atoms with Crippen LogP contribution in [0.15, 0.2) is 35.1 Å². The number of rotatable bonds is 2. The first-order valence-electron chi connectivity index (χ1n) is 4.98. The summed E-state index contributed by atoms with van der Waals surface area (Å²) in [5.41, 5.74) is 1.26. The van der Waals surface area contributed by atoms with Gasteiger partial charge in [0.05, 0.1) is 5.69 Å². The van der Waals surface area contributed by atoms with Crippen molar-refractivity contribution in [1.29, 1.82) is 0 Å². The Morgan fingerprint density at radius 3 is 2.76 bits per heavy atom. The minimum absolute atomic E-state index is 0.165. The van der Waals surface area contributed by atoms with Crippen LogP contribution in [0.5, 0.6) is 0 Å². The molecule has 0 aliphatic carbocycles. The maximum Gasteiger partial charge on any atom is 0.352 e. The van der Waals surface area contributed by atoms with Crippen molar-refractivity contribution in [3.05, 3.63) is 52.1 Å². The third kappa shape index (κ3) is 2.39. The number of aromatic amines is 1. The van der Waals surface area contributed by atoms with Gasteiger partial charge in [-0.25, -0.2) is 9.59 Å². The standard InChI is InChI=1S/C12H10N2O3/c1-7-3-2-4-8(5-7)9-6-10(11(15)16)14-12(17)13-9/h2-6H,1H3,(H,15,16)(H,13,14,17). The highest BCUT2D eigenvalue weighted by atomic mass is 16.4. The molecule has 2 rings (SSSR count). The summed E-state index contributed by atoms with van der Waals surface area (Å²) >= 11 is 0. The number of aromatic carboxylic acids is 1. The van der Waals surface area contributed by atoms with Gasteiger partial charge in [0.2, 0.25) is 0 Å². The second-order valence-electron chi connectivity index (χ2n) is 3.66. The fraction of sp³-hybridized carbons (Fsp3) is 0.0833. The van der Waals surface area contributed by atoms with E-state index < -0.39 is 11.7 Å². The Balaban J connectivity index is 2.60. The summed E-state index contributed by atoms with van der Waals surface area (Å²) < 4.78 is 0. The van der Waals surface area contributed by atoms with Gasteiger partial charge in [-0.15, -0.1) is 0 Å². The van der Waals surface area contributed by atoms with E-state index in [1.54, 1.807) is 6.07 Å². The molecule has 0 atom stereocenters. The molecule has 5 nitrogen and oxygen atoms in total. The van der Waals surface area contributed by atoms with Crippen LogP contribution in [0.4, 0.5) is 0 Å². The highest BCUT2D eigenvalue weighted by Crippen LogP contribution is 2.17. The zero-order valence-corrected chi connectivity index (χ0v) is 9.10. The van der Waals surface area contributed by atoms with Crippen LogP contribution in [0.1, 0.15) is 16.1 Å². The molecule has 0 unspecified atom stereocenters. The molecule has 2 N–H and O–H groups in total. The van der Waals surface area contributed by atoms with E-state index in [0.717, 1.165) is 11.1 Å². The van der Waals surface area contributed by atoms with Crippen LogP contribution < -0.4 is 5.69 Å². The van der Waals surface area contributed by atoms with Crippen LogP contribution in [-0.2, 0) is 0 Å². The molecule has 2 aromatic rings. The van der Waals surface area contributed by atoms with Crippen LogP contribution in [0, 0.1) is 6.92 Å². The number of nitrogens with zero attached hydrogens (tertiary/aromatic N) is 1. The van der Waals surface area contributed by atoms with Crippen molar-refractivity contribution in [3.63, 3.8) is 0 Å². The molecule has 0 saturated heterocycles. The molecule has 0 saturated carbocycles. The van der Waals surface area contributed by atoms with Crippen molar-refractivity contribution >= 4 is 5.97 Å². The van der Waals surface area contributed by atoms with Crippen molar-refractivity contribution < 1.29 is 9.90 Å². The van der Waals surface area contributed by atoms with Gasteiger partial charge in [0.15, 0.2) is 0 Å². The summed E-state index contributed by atoms with van der Waals surface area (Å²) in [4.78, 5) is 28.0. The van der Waals surface area contributed by atoms with Crippen LogP contribution in [0.2, 0.25) is 0 Å². The van der Waals surface area contributed by atoms with Gasteiger partial charge in [0.1, 0.15) is 5.69 Å². The van der Waals surface area contributed by atoms with E-state index in [-0.39, 0.29) is 5.69 Å². The Morgan fingerprint density at radius 2 is 2.12 bits per heavy atom. The number of aryl methyl sites for hydroxylation is 1. The monoisotopic (exact) mass is 230 g/mol. The molecule has 1 aromatic heterocycles. The lowest BCUT2D eigenvalue weighted by molar-refractivity contribution is 0.0690. The number of carboxylic acid groups (broad SMARTS) is 1. The SMILES string of the molecule is Cc1cccc(-c2cc(C(=O)O)[nH]c(=O)n2)c1. The fourth-order valence-electron chi connectivity index (χ4n) is 1.53. The Kier molecular flexibility index (Phi) is 2.74. The predicted molar refractivity (Wildman–Crippen MR) is 62.0 cm³/mol. The largest absolute Gasteiger partial charge is 0.477 e. The first-order chi connectivity index (χ1) is 8.06. The van der Waals surface area contributed by atoms with Crippen LogP contribution in [0.25, 0.3) is 11.3 Å². The molecular formula is C12H10N2O3. The predicted octanol–water partition coefficient (Wildman–Crippen LogP) is 1.44. The van der Waals surface area contributed by atoms with E-state index >= 15 is 0 Å². The second-order valence-corrected chi connectivity index (χ2v) is 3.66. The first-order valence-corrected chi connectivity index (χ1v) is 4.98. The molecule has 1 aromatic carbocycles. The molecule has 0 bridgehead atoms. The molecular weight excluding hydrogens is 220 g/mol. The van der Waals surface area contributed by atoms with E-state index in [0.29, 0.717) is 5.69 Å². The van der Waals surface area contributed by atoms with Gasteiger partial charge in [-0.05, 0) is 19.1 Å².